The molecule has 1 heterocycles. The fourth-order valence-electron chi connectivity index (χ4n) is 2.37. The standard InChI is InChI=1S/C8H15NO4S/c1-14(11,12)9-7-4-13-8-3-5(10)2-6(7)8/h5-10H,2-4H2,1H3/t5-,6-,7-,8-/m1/s1. The molecule has 5 nitrogen and oxygen atoms in total. The molecule has 1 aliphatic heterocycles. The third-order valence-corrected chi connectivity index (χ3v) is 3.63. The van der Waals surface area contributed by atoms with Gasteiger partial charge in [0.15, 0.2) is 0 Å². The second kappa shape index (κ2) is 3.44. The summed E-state index contributed by atoms with van der Waals surface area (Å²) in [6, 6.07) is -0.160. The van der Waals surface area contributed by atoms with Crippen LogP contribution in [-0.2, 0) is 14.8 Å². The van der Waals surface area contributed by atoms with Gasteiger partial charge < -0.3 is 9.84 Å². The maximum atomic E-state index is 11.0. The van der Waals surface area contributed by atoms with Crippen LogP contribution in [0.4, 0.5) is 0 Å². The summed E-state index contributed by atoms with van der Waals surface area (Å²) in [5.74, 6) is 0.139. The molecule has 6 heteroatoms. The quantitative estimate of drug-likeness (QED) is 0.632. The van der Waals surface area contributed by atoms with E-state index >= 15 is 0 Å². The zero-order valence-corrected chi connectivity index (χ0v) is 8.83. The Morgan fingerprint density at radius 1 is 1.43 bits per heavy atom. The summed E-state index contributed by atoms with van der Waals surface area (Å²) >= 11 is 0. The number of fused-ring (bicyclic) bond motifs is 1. The number of hydrogen-bond donors (Lipinski definition) is 2. The van der Waals surface area contributed by atoms with Gasteiger partial charge in [0, 0.05) is 5.92 Å². The van der Waals surface area contributed by atoms with Crippen molar-refractivity contribution in [3.8, 4) is 0 Å². The number of aliphatic hydroxyl groups is 1. The Morgan fingerprint density at radius 2 is 2.14 bits per heavy atom. The molecule has 0 radical (unpaired) electrons. The smallest absolute Gasteiger partial charge is 0.209 e. The Hall–Kier alpha value is -0.170. The molecule has 0 unspecified atom stereocenters. The third-order valence-electron chi connectivity index (χ3n) is 2.90. The van der Waals surface area contributed by atoms with Gasteiger partial charge in [-0.25, -0.2) is 13.1 Å². The number of nitrogens with one attached hydrogen (secondary N) is 1. The molecule has 0 aromatic carbocycles. The molecule has 1 saturated heterocycles. The zero-order chi connectivity index (χ0) is 10.3. The lowest BCUT2D eigenvalue weighted by Crippen LogP contribution is -2.39. The van der Waals surface area contributed by atoms with Gasteiger partial charge in [-0.15, -0.1) is 0 Å². The van der Waals surface area contributed by atoms with Crippen LogP contribution in [-0.4, -0.2) is 44.6 Å². The van der Waals surface area contributed by atoms with E-state index in [-0.39, 0.29) is 24.2 Å². The summed E-state index contributed by atoms with van der Waals surface area (Å²) in [4.78, 5) is 0. The van der Waals surface area contributed by atoms with Crippen LogP contribution >= 0.6 is 0 Å². The van der Waals surface area contributed by atoms with Crippen molar-refractivity contribution in [2.24, 2.45) is 5.92 Å². The van der Waals surface area contributed by atoms with Crippen LogP contribution in [0.3, 0.4) is 0 Å². The van der Waals surface area contributed by atoms with E-state index in [1.807, 2.05) is 0 Å². The van der Waals surface area contributed by atoms with E-state index in [1.165, 1.54) is 0 Å². The molecule has 2 aliphatic rings. The van der Waals surface area contributed by atoms with E-state index in [1.54, 1.807) is 0 Å². The van der Waals surface area contributed by atoms with Gasteiger partial charge in [0.25, 0.3) is 0 Å². The highest BCUT2D eigenvalue weighted by atomic mass is 32.2. The van der Waals surface area contributed by atoms with Crippen LogP contribution < -0.4 is 4.72 Å². The minimum atomic E-state index is -3.18. The van der Waals surface area contributed by atoms with Crippen molar-refractivity contribution in [1.29, 1.82) is 0 Å². The number of sulfonamides is 1. The highest BCUT2D eigenvalue weighted by Gasteiger charge is 2.44. The van der Waals surface area contributed by atoms with Gasteiger partial charge in [0.05, 0.1) is 31.1 Å². The summed E-state index contributed by atoms with van der Waals surface area (Å²) in [6.07, 6.45) is 2.11. The summed E-state index contributed by atoms with van der Waals surface area (Å²) in [6.45, 7) is 0.426. The molecule has 2 N–H and O–H groups in total. The second-order valence-corrected chi connectivity index (χ2v) is 5.94. The van der Waals surface area contributed by atoms with Crippen molar-refractivity contribution in [3.05, 3.63) is 0 Å². The van der Waals surface area contributed by atoms with Crippen LogP contribution in [0.25, 0.3) is 0 Å². The first-order valence-electron chi connectivity index (χ1n) is 4.72. The Labute approximate surface area is 83.5 Å². The van der Waals surface area contributed by atoms with Crippen molar-refractivity contribution in [1.82, 2.24) is 4.72 Å². The normalized spacial score (nSPS) is 42.7. The number of rotatable bonds is 2. The highest BCUT2D eigenvalue weighted by Crippen LogP contribution is 2.36. The van der Waals surface area contributed by atoms with Crippen LogP contribution in [0.2, 0.25) is 0 Å². The average molecular weight is 221 g/mol. The van der Waals surface area contributed by atoms with Crippen LogP contribution in [0.15, 0.2) is 0 Å². The maximum absolute atomic E-state index is 11.0. The first kappa shape index (κ1) is 10.4. The van der Waals surface area contributed by atoms with Crippen molar-refractivity contribution in [3.63, 3.8) is 0 Å². The molecule has 1 saturated carbocycles. The van der Waals surface area contributed by atoms with E-state index in [9.17, 15) is 13.5 Å². The van der Waals surface area contributed by atoms with Gasteiger partial charge in [-0.2, -0.15) is 0 Å². The van der Waals surface area contributed by atoms with E-state index in [2.05, 4.69) is 4.72 Å². The second-order valence-electron chi connectivity index (χ2n) is 4.16. The van der Waals surface area contributed by atoms with Gasteiger partial charge in [-0.3, -0.25) is 0 Å². The van der Waals surface area contributed by atoms with E-state index in [0.717, 1.165) is 6.26 Å². The predicted molar refractivity (Wildman–Crippen MR) is 50.2 cm³/mol. The van der Waals surface area contributed by atoms with Gasteiger partial charge in [-0.1, -0.05) is 0 Å². The Balaban J connectivity index is 2.02. The van der Waals surface area contributed by atoms with Crippen LogP contribution in [0.5, 0.6) is 0 Å². The fourth-order valence-corrected chi connectivity index (χ4v) is 3.16. The van der Waals surface area contributed by atoms with E-state index in [4.69, 9.17) is 4.74 Å². The monoisotopic (exact) mass is 221 g/mol. The van der Waals surface area contributed by atoms with Crippen molar-refractivity contribution in [2.45, 2.75) is 31.1 Å². The van der Waals surface area contributed by atoms with Gasteiger partial charge in [0.2, 0.25) is 10.0 Å². The molecule has 0 aromatic rings. The Bertz CT molecular complexity index is 315. The summed E-state index contributed by atoms with van der Waals surface area (Å²) in [5.41, 5.74) is 0. The number of ether oxygens (including phenoxy) is 1. The largest absolute Gasteiger partial charge is 0.393 e. The van der Waals surface area contributed by atoms with Crippen molar-refractivity contribution >= 4 is 10.0 Å². The maximum Gasteiger partial charge on any atom is 0.209 e. The fraction of sp³-hybridized carbons (Fsp3) is 1.00. The van der Waals surface area contributed by atoms with Gasteiger partial charge >= 0.3 is 0 Å². The van der Waals surface area contributed by atoms with E-state index in [0.29, 0.717) is 19.4 Å². The molecule has 1 aliphatic carbocycles. The summed E-state index contributed by atoms with van der Waals surface area (Å²) in [5, 5.41) is 9.39. The van der Waals surface area contributed by atoms with Crippen LogP contribution in [0, 0.1) is 5.92 Å². The third kappa shape index (κ3) is 2.08. The van der Waals surface area contributed by atoms with E-state index < -0.39 is 10.0 Å². The molecular formula is C8H15NO4S. The molecule has 2 rings (SSSR count). The molecule has 0 amide bonds. The molecule has 82 valence electrons. The first-order chi connectivity index (χ1) is 6.46. The Morgan fingerprint density at radius 3 is 2.79 bits per heavy atom. The van der Waals surface area contributed by atoms with Gasteiger partial charge in [0.1, 0.15) is 0 Å². The molecule has 0 bridgehead atoms. The molecule has 2 fully saturated rings. The van der Waals surface area contributed by atoms with Crippen molar-refractivity contribution in [2.75, 3.05) is 12.9 Å². The number of hydrogen-bond acceptors (Lipinski definition) is 4. The Kier molecular flexibility index (Phi) is 2.55. The minimum absolute atomic E-state index is 0.0317. The van der Waals surface area contributed by atoms with Crippen molar-refractivity contribution < 1.29 is 18.3 Å². The molecular weight excluding hydrogens is 206 g/mol. The highest BCUT2D eigenvalue weighted by molar-refractivity contribution is 7.88. The first-order valence-corrected chi connectivity index (χ1v) is 6.62. The number of aliphatic hydroxyl groups excluding tert-OH is 1. The van der Waals surface area contributed by atoms with Gasteiger partial charge in [-0.05, 0) is 12.8 Å². The zero-order valence-electron chi connectivity index (χ0n) is 8.01. The molecule has 0 aromatic heterocycles. The topological polar surface area (TPSA) is 75.6 Å². The molecule has 0 spiro atoms. The minimum Gasteiger partial charge on any atom is -0.393 e. The lowest BCUT2D eigenvalue weighted by molar-refractivity contribution is 0.0806. The lowest BCUT2D eigenvalue weighted by atomic mass is 10.0. The summed E-state index contributed by atoms with van der Waals surface area (Å²) in [7, 11) is -3.18. The molecule has 4 atom stereocenters. The molecule has 14 heavy (non-hydrogen) atoms. The van der Waals surface area contributed by atoms with Crippen LogP contribution in [0.1, 0.15) is 12.8 Å². The predicted octanol–water partition coefficient (Wildman–Crippen LogP) is -0.926. The SMILES string of the molecule is CS(=O)(=O)N[C@@H]1CO[C@@H]2C[C@H](O)C[C@H]12. The average Bonchev–Trinajstić information content (AvgIpc) is 2.49. The lowest BCUT2D eigenvalue weighted by Gasteiger charge is -2.16. The summed E-state index contributed by atoms with van der Waals surface area (Å²) < 4.78 is 30.0.